The zero-order valence-corrected chi connectivity index (χ0v) is 26.2. The average Bonchev–Trinajstić information content (AvgIpc) is 3.32. The van der Waals surface area contributed by atoms with Crippen molar-refractivity contribution < 1.29 is 43.5 Å². The van der Waals surface area contributed by atoms with E-state index in [2.05, 4.69) is 6.92 Å². The summed E-state index contributed by atoms with van der Waals surface area (Å²) in [5, 5.41) is 24.6. The van der Waals surface area contributed by atoms with Crippen molar-refractivity contribution in [1.82, 2.24) is 4.90 Å². The summed E-state index contributed by atoms with van der Waals surface area (Å²) in [7, 11) is 3.89. The highest BCUT2D eigenvalue weighted by Gasteiger charge is 2.76. The van der Waals surface area contributed by atoms with E-state index < -0.39 is 76.7 Å². The summed E-state index contributed by atoms with van der Waals surface area (Å²) in [5.74, 6) is -1.83. The van der Waals surface area contributed by atoms with Crippen LogP contribution in [0.2, 0.25) is 0 Å². The van der Waals surface area contributed by atoms with Gasteiger partial charge in [-0.15, -0.1) is 0 Å². The minimum atomic E-state index is -1.77. The molecule has 0 aromatic heterocycles. The number of hydrogen-bond acceptors (Lipinski definition) is 10. The zero-order valence-electron chi connectivity index (χ0n) is 26.2. The van der Waals surface area contributed by atoms with Crippen molar-refractivity contribution in [1.29, 1.82) is 0 Å². The summed E-state index contributed by atoms with van der Waals surface area (Å²) in [4.78, 5) is 28.6. The first-order valence-corrected chi connectivity index (χ1v) is 15.3. The molecule has 6 rings (SSSR count). The monoisotopic (exact) mass is 599 g/mol. The zero-order chi connectivity index (χ0) is 31.1. The van der Waals surface area contributed by atoms with Gasteiger partial charge in [0.2, 0.25) is 0 Å². The number of nitrogens with zero attached hydrogens (tertiary/aromatic N) is 1. The van der Waals surface area contributed by atoms with E-state index in [9.17, 15) is 19.8 Å². The maximum atomic E-state index is 13.9. The summed E-state index contributed by atoms with van der Waals surface area (Å²) in [5.41, 5.74) is -2.96. The third-order valence-corrected chi connectivity index (χ3v) is 11.1. The highest BCUT2D eigenvalue weighted by molar-refractivity contribution is 5.89. The van der Waals surface area contributed by atoms with Crippen LogP contribution in [0.1, 0.15) is 64.2 Å². The molecule has 5 aliphatic rings. The van der Waals surface area contributed by atoms with E-state index in [0.717, 1.165) is 11.1 Å². The number of esters is 2. The molecule has 1 unspecified atom stereocenters. The molecule has 2 aliphatic heterocycles. The Morgan fingerprint density at radius 3 is 2.42 bits per heavy atom. The van der Waals surface area contributed by atoms with E-state index in [4.69, 9.17) is 23.7 Å². The summed E-state index contributed by atoms with van der Waals surface area (Å²) in [6, 6.07) is 8.65. The van der Waals surface area contributed by atoms with Crippen molar-refractivity contribution >= 4 is 11.9 Å². The minimum absolute atomic E-state index is 0.0737. The number of ether oxygens (including phenoxy) is 5. The van der Waals surface area contributed by atoms with Gasteiger partial charge in [-0.05, 0) is 57.1 Å². The van der Waals surface area contributed by atoms with E-state index in [0.29, 0.717) is 24.9 Å². The second-order valence-electron chi connectivity index (χ2n) is 14.2. The molecule has 2 saturated carbocycles. The number of benzene rings is 1. The quantitative estimate of drug-likeness (QED) is 0.386. The highest BCUT2D eigenvalue weighted by Crippen LogP contribution is 2.66. The molecule has 0 spiro atoms. The first-order chi connectivity index (χ1) is 20.2. The van der Waals surface area contributed by atoms with Crippen LogP contribution in [0.15, 0.2) is 41.5 Å². The number of hydrogen-bond donors (Lipinski definition) is 2. The lowest BCUT2D eigenvalue weighted by Crippen LogP contribution is -2.79. The van der Waals surface area contributed by atoms with Crippen LogP contribution >= 0.6 is 0 Å². The molecule has 10 atom stereocenters. The Morgan fingerprint density at radius 2 is 1.81 bits per heavy atom. The van der Waals surface area contributed by atoms with Crippen LogP contribution in [0.25, 0.3) is 0 Å². The van der Waals surface area contributed by atoms with Gasteiger partial charge in [-0.25, -0.2) is 4.79 Å². The van der Waals surface area contributed by atoms with Crippen molar-refractivity contribution in [3.8, 4) is 0 Å². The Labute approximate surface area is 253 Å². The van der Waals surface area contributed by atoms with Crippen LogP contribution in [-0.2, 0) is 28.5 Å². The second-order valence-corrected chi connectivity index (χ2v) is 14.2. The lowest BCUT2D eigenvalue weighted by molar-refractivity contribution is -0.345. The summed E-state index contributed by atoms with van der Waals surface area (Å²) in [6.45, 7) is 9.74. The van der Waals surface area contributed by atoms with E-state index in [1.54, 1.807) is 24.3 Å². The van der Waals surface area contributed by atoms with Gasteiger partial charge in [-0.3, -0.25) is 4.79 Å². The van der Waals surface area contributed by atoms with Crippen molar-refractivity contribution in [3.05, 3.63) is 47.0 Å². The molecule has 3 aliphatic carbocycles. The SMILES string of the molecule is CC(=O)O[C@@]12COC1CC[C@@]1(C)[C@@H]3O[C@H](CN(C)C)O[C@@H]3C3=C(C)[C@@H](O)C[C@@](O)([C@@H](OC(=O)c4ccccc4)[C@@H]12)C3(C)C. The lowest BCUT2D eigenvalue weighted by Gasteiger charge is -2.68. The molecule has 0 radical (unpaired) electrons. The Bertz CT molecular complexity index is 1310. The fourth-order valence-electron chi connectivity index (χ4n) is 8.95. The minimum Gasteiger partial charge on any atom is -0.455 e. The van der Waals surface area contributed by atoms with E-state index in [-0.39, 0.29) is 13.0 Å². The number of carbonyl (C=O) groups excluding carboxylic acids is 2. The molecule has 2 heterocycles. The molecule has 10 nitrogen and oxygen atoms in total. The largest absolute Gasteiger partial charge is 0.455 e. The predicted octanol–water partition coefficient (Wildman–Crippen LogP) is 2.85. The molecule has 43 heavy (non-hydrogen) atoms. The molecule has 236 valence electrons. The van der Waals surface area contributed by atoms with Gasteiger partial charge in [0.25, 0.3) is 0 Å². The summed E-state index contributed by atoms with van der Waals surface area (Å²) >= 11 is 0. The van der Waals surface area contributed by atoms with Crippen LogP contribution < -0.4 is 0 Å². The Balaban J connectivity index is 1.60. The van der Waals surface area contributed by atoms with Gasteiger partial charge >= 0.3 is 11.9 Å². The fraction of sp³-hybridized carbons (Fsp3) is 0.697. The number of aliphatic hydroxyl groups excluding tert-OH is 1. The molecule has 1 aromatic carbocycles. The summed E-state index contributed by atoms with van der Waals surface area (Å²) < 4.78 is 32.2. The van der Waals surface area contributed by atoms with Gasteiger partial charge in [-0.1, -0.05) is 39.0 Å². The number of carbonyl (C=O) groups is 2. The van der Waals surface area contributed by atoms with Crippen molar-refractivity contribution in [2.45, 2.75) is 102 Å². The molecule has 2 N–H and O–H groups in total. The lowest BCUT2D eigenvalue weighted by atomic mass is 9.45. The Kier molecular flexibility index (Phi) is 7.39. The number of likely N-dealkylation sites (N-methyl/N-ethyl adjacent to an activating group) is 1. The molecule has 4 fully saturated rings. The van der Waals surface area contributed by atoms with E-state index in [1.165, 1.54) is 6.92 Å². The van der Waals surface area contributed by atoms with Crippen LogP contribution in [0.3, 0.4) is 0 Å². The maximum Gasteiger partial charge on any atom is 0.338 e. The van der Waals surface area contributed by atoms with Crippen LogP contribution in [0, 0.1) is 16.7 Å². The smallest absolute Gasteiger partial charge is 0.338 e. The third kappa shape index (κ3) is 4.43. The molecule has 0 amide bonds. The van der Waals surface area contributed by atoms with E-state index >= 15 is 0 Å². The number of rotatable bonds is 5. The van der Waals surface area contributed by atoms with Crippen molar-refractivity contribution in [2.75, 3.05) is 27.2 Å². The summed E-state index contributed by atoms with van der Waals surface area (Å²) in [6.07, 6.45) is -3.26. The van der Waals surface area contributed by atoms with Crippen LogP contribution in [0.5, 0.6) is 0 Å². The van der Waals surface area contributed by atoms with Gasteiger partial charge < -0.3 is 38.8 Å². The first kappa shape index (κ1) is 30.7. The Hall–Kier alpha value is -2.34. The van der Waals surface area contributed by atoms with Gasteiger partial charge in [0.15, 0.2) is 11.9 Å². The topological polar surface area (TPSA) is 124 Å². The van der Waals surface area contributed by atoms with Crippen LogP contribution in [0.4, 0.5) is 0 Å². The van der Waals surface area contributed by atoms with Crippen LogP contribution in [-0.4, -0.2) is 102 Å². The molecular formula is C33H45NO9. The van der Waals surface area contributed by atoms with Gasteiger partial charge in [-0.2, -0.15) is 0 Å². The van der Waals surface area contributed by atoms with Crippen molar-refractivity contribution in [3.63, 3.8) is 0 Å². The van der Waals surface area contributed by atoms with Crippen molar-refractivity contribution in [2.24, 2.45) is 16.7 Å². The predicted molar refractivity (Wildman–Crippen MR) is 155 cm³/mol. The standard InChI is InChI=1S/C33H45NO9/c1-18-21(36)15-33(38)28(42-29(37)20-11-9-8-10-12-20)26-31(5,14-13-22-32(26,17-39-22)43-19(2)35)27-25(24(18)30(33,3)4)40-23(41-27)16-34(6)7/h8-12,21-23,25-28,36,38H,13-17H2,1-7H3/t21-,22?,23+,25+,26-,27+,28-,31+,32-,33+/m0/s1. The first-order valence-electron chi connectivity index (χ1n) is 15.3. The highest BCUT2D eigenvalue weighted by atomic mass is 16.7. The molecule has 1 aromatic rings. The van der Waals surface area contributed by atoms with Gasteiger partial charge in [0.05, 0.1) is 30.3 Å². The Morgan fingerprint density at radius 1 is 1.12 bits per heavy atom. The third-order valence-electron chi connectivity index (χ3n) is 11.1. The molecule has 10 heteroatoms. The molecule has 2 saturated heterocycles. The molecule has 2 bridgehead atoms. The maximum absolute atomic E-state index is 13.9. The molecular weight excluding hydrogens is 554 g/mol. The van der Waals surface area contributed by atoms with Gasteiger partial charge in [0, 0.05) is 30.7 Å². The second kappa shape index (κ2) is 10.4. The normalized spacial score (nSPS) is 43.0. The number of fused-ring (bicyclic) bond motifs is 8. The average molecular weight is 600 g/mol. The fourth-order valence-corrected chi connectivity index (χ4v) is 8.95. The van der Waals surface area contributed by atoms with Gasteiger partial charge in [0.1, 0.15) is 23.9 Å². The number of aliphatic hydroxyl groups is 2. The van der Waals surface area contributed by atoms with E-state index in [1.807, 2.05) is 45.8 Å².